The van der Waals surface area contributed by atoms with Crippen LogP contribution in [0.15, 0.2) is 18.2 Å². The number of hydrogen-bond donors (Lipinski definition) is 1. The molecule has 0 aliphatic heterocycles. The first-order valence-electron chi connectivity index (χ1n) is 13.3. The molecule has 4 aliphatic carbocycles. The molecule has 0 amide bonds. The fourth-order valence-electron chi connectivity index (χ4n) is 9.21. The van der Waals surface area contributed by atoms with Gasteiger partial charge in [-0.05, 0) is 117 Å². The Morgan fingerprint density at radius 3 is 2.59 bits per heavy atom. The Morgan fingerprint density at radius 1 is 1.00 bits per heavy atom. The summed E-state index contributed by atoms with van der Waals surface area (Å²) in [6, 6.07) is 5.48. The Hall–Kier alpha value is -1.46. The van der Waals surface area contributed by atoms with E-state index in [1.807, 2.05) is 19.1 Å². The van der Waals surface area contributed by atoms with Crippen LogP contribution in [0.25, 0.3) is 11.0 Å². The zero-order valence-electron chi connectivity index (χ0n) is 20.8. The zero-order valence-corrected chi connectivity index (χ0v) is 21.5. The number of hydrogen-bond acceptors (Lipinski definition) is 4. The van der Waals surface area contributed by atoms with E-state index >= 15 is 0 Å². The SMILES string of the molecule is C[C@@]1(O)CC[C@@]2(C)[C@H](CC[C@@H]3[C@@H]2CC[C@]2(C)[C@@H](C(=O)Cn4nc5ccc(Cl)cc5n4)CC[C@@H]32)C1. The van der Waals surface area contributed by atoms with Gasteiger partial charge < -0.3 is 5.11 Å². The van der Waals surface area contributed by atoms with Crippen molar-refractivity contribution in [2.45, 2.75) is 90.7 Å². The summed E-state index contributed by atoms with van der Waals surface area (Å²) >= 11 is 6.10. The van der Waals surface area contributed by atoms with Crippen LogP contribution in [-0.2, 0) is 11.3 Å². The van der Waals surface area contributed by atoms with Crippen LogP contribution in [-0.4, -0.2) is 31.5 Å². The number of Topliss-reactive ketones (excluding diaryl/α,β-unsaturated/α-hetero) is 1. The van der Waals surface area contributed by atoms with Crippen LogP contribution >= 0.6 is 11.6 Å². The van der Waals surface area contributed by atoms with Gasteiger partial charge in [-0.15, -0.1) is 0 Å². The molecular formula is C28H38ClN3O2. The first-order valence-corrected chi connectivity index (χ1v) is 13.7. The molecule has 34 heavy (non-hydrogen) atoms. The topological polar surface area (TPSA) is 68.0 Å². The molecule has 1 aromatic heterocycles. The Labute approximate surface area is 207 Å². The molecule has 4 saturated carbocycles. The molecule has 0 radical (unpaired) electrons. The molecule has 5 nitrogen and oxygen atoms in total. The summed E-state index contributed by atoms with van der Waals surface area (Å²) in [5.74, 6) is 3.17. The third-order valence-corrected chi connectivity index (χ3v) is 11.3. The van der Waals surface area contributed by atoms with Crippen molar-refractivity contribution in [2.75, 3.05) is 0 Å². The summed E-state index contributed by atoms with van der Waals surface area (Å²) in [6.45, 7) is 7.23. The molecule has 1 heterocycles. The fourth-order valence-corrected chi connectivity index (χ4v) is 9.38. The van der Waals surface area contributed by atoms with Gasteiger partial charge in [-0.1, -0.05) is 25.4 Å². The van der Waals surface area contributed by atoms with Crippen molar-refractivity contribution in [3.63, 3.8) is 0 Å². The average Bonchev–Trinajstić information content (AvgIpc) is 3.33. The van der Waals surface area contributed by atoms with Gasteiger partial charge in [0.25, 0.3) is 0 Å². The standard InChI is InChI=1S/C28H38ClN3O2/c1-26(34)12-13-27(2)17(15-26)4-6-19-20-7-8-22(28(20,3)11-10-21(19)27)25(33)16-32-30-23-9-5-18(29)14-24(23)31-32/h5,9,14,17,19-22,34H,4,6-8,10-13,15-16H2,1-3H3/t17-,19+,20+,21+,22-,26-,27+,28+/m1/s1. The molecule has 1 N–H and O–H groups in total. The van der Waals surface area contributed by atoms with Crippen molar-refractivity contribution >= 4 is 28.4 Å². The summed E-state index contributed by atoms with van der Waals surface area (Å²) in [5, 5.41) is 20.4. The fraction of sp³-hybridized carbons (Fsp3) is 0.750. The van der Waals surface area contributed by atoms with Crippen LogP contribution in [0.3, 0.4) is 0 Å². The minimum Gasteiger partial charge on any atom is -0.390 e. The maximum absolute atomic E-state index is 13.6. The predicted molar refractivity (Wildman–Crippen MR) is 133 cm³/mol. The van der Waals surface area contributed by atoms with Crippen molar-refractivity contribution in [1.82, 2.24) is 15.0 Å². The second kappa shape index (κ2) is 7.77. The molecule has 2 aromatic rings. The predicted octanol–water partition coefficient (Wildman–Crippen LogP) is 6.06. The number of aromatic nitrogens is 3. The first-order chi connectivity index (χ1) is 16.1. The number of halogens is 1. The first kappa shape index (κ1) is 23.0. The van der Waals surface area contributed by atoms with Crippen molar-refractivity contribution < 1.29 is 9.90 Å². The van der Waals surface area contributed by atoms with Gasteiger partial charge in [0.15, 0.2) is 5.78 Å². The summed E-state index contributed by atoms with van der Waals surface area (Å²) in [6.07, 6.45) is 10.1. The molecule has 0 spiro atoms. The molecule has 184 valence electrons. The van der Waals surface area contributed by atoms with Crippen LogP contribution < -0.4 is 0 Å². The van der Waals surface area contributed by atoms with Gasteiger partial charge in [-0.3, -0.25) is 4.79 Å². The number of nitrogens with zero attached hydrogens (tertiary/aromatic N) is 3. The quantitative estimate of drug-likeness (QED) is 0.575. The number of benzene rings is 1. The second-order valence-electron chi connectivity index (χ2n) is 12.9. The van der Waals surface area contributed by atoms with E-state index in [0.29, 0.717) is 28.1 Å². The Balaban J connectivity index is 1.20. The van der Waals surface area contributed by atoms with E-state index in [0.717, 1.165) is 55.0 Å². The van der Waals surface area contributed by atoms with Gasteiger partial charge in [0.2, 0.25) is 0 Å². The highest BCUT2D eigenvalue weighted by Gasteiger charge is 2.61. The zero-order chi connectivity index (χ0) is 23.9. The van der Waals surface area contributed by atoms with Crippen LogP contribution in [0.1, 0.15) is 78.6 Å². The Bertz CT molecular complexity index is 1130. The van der Waals surface area contributed by atoms with Crippen LogP contribution in [0.4, 0.5) is 0 Å². The second-order valence-corrected chi connectivity index (χ2v) is 13.3. The molecule has 8 atom stereocenters. The normalized spacial score (nSPS) is 43.9. The molecule has 4 fully saturated rings. The molecule has 6 rings (SSSR count). The van der Waals surface area contributed by atoms with E-state index in [2.05, 4.69) is 24.0 Å². The highest BCUT2D eigenvalue weighted by Crippen LogP contribution is 2.68. The van der Waals surface area contributed by atoms with Crippen LogP contribution in [0.5, 0.6) is 0 Å². The third kappa shape index (κ3) is 3.48. The van der Waals surface area contributed by atoms with Gasteiger partial charge in [0.1, 0.15) is 17.6 Å². The number of carbonyl (C=O) groups is 1. The van der Waals surface area contributed by atoms with Crippen molar-refractivity contribution in [1.29, 1.82) is 0 Å². The maximum Gasteiger partial charge on any atom is 0.159 e. The van der Waals surface area contributed by atoms with Crippen molar-refractivity contribution in [3.8, 4) is 0 Å². The number of carbonyl (C=O) groups excluding carboxylic acids is 1. The van der Waals surface area contributed by atoms with Gasteiger partial charge >= 0.3 is 0 Å². The number of ketones is 1. The summed E-state index contributed by atoms with van der Waals surface area (Å²) in [5.41, 5.74) is 1.49. The number of fused-ring (bicyclic) bond motifs is 6. The van der Waals surface area contributed by atoms with Crippen LogP contribution in [0, 0.1) is 40.4 Å². The van der Waals surface area contributed by atoms with E-state index in [1.165, 1.54) is 25.7 Å². The number of aliphatic hydroxyl groups is 1. The highest BCUT2D eigenvalue weighted by molar-refractivity contribution is 6.31. The van der Waals surface area contributed by atoms with Crippen LogP contribution in [0.2, 0.25) is 5.02 Å². The van der Waals surface area contributed by atoms with E-state index < -0.39 is 5.60 Å². The smallest absolute Gasteiger partial charge is 0.159 e. The lowest BCUT2D eigenvalue weighted by molar-refractivity contribution is -0.151. The summed E-state index contributed by atoms with van der Waals surface area (Å²) in [4.78, 5) is 15.2. The Kier molecular flexibility index (Phi) is 5.25. The number of rotatable bonds is 3. The molecule has 0 saturated heterocycles. The van der Waals surface area contributed by atoms with Gasteiger partial charge in [-0.25, -0.2) is 0 Å². The van der Waals surface area contributed by atoms with E-state index in [4.69, 9.17) is 11.6 Å². The maximum atomic E-state index is 13.6. The Morgan fingerprint density at radius 2 is 1.76 bits per heavy atom. The summed E-state index contributed by atoms with van der Waals surface area (Å²) < 4.78 is 0. The van der Waals surface area contributed by atoms with E-state index in [9.17, 15) is 9.90 Å². The highest BCUT2D eigenvalue weighted by atomic mass is 35.5. The van der Waals surface area contributed by atoms with E-state index in [-0.39, 0.29) is 17.9 Å². The average molecular weight is 484 g/mol. The summed E-state index contributed by atoms with van der Waals surface area (Å²) in [7, 11) is 0. The van der Waals surface area contributed by atoms with Crippen molar-refractivity contribution in [2.24, 2.45) is 40.4 Å². The monoisotopic (exact) mass is 483 g/mol. The van der Waals surface area contributed by atoms with Crippen molar-refractivity contribution in [3.05, 3.63) is 23.2 Å². The lowest BCUT2D eigenvalue weighted by atomic mass is 9.44. The minimum atomic E-state index is -0.484. The molecule has 6 heteroatoms. The van der Waals surface area contributed by atoms with Gasteiger partial charge in [-0.2, -0.15) is 15.0 Å². The van der Waals surface area contributed by atoms with E-state index in [1.54, 1.807) is 10.9 Å². The largest absolute Gasteiger partial charge is 0.390 e. The molecule has 0 bridgehead atoms. The molecule has 1 aromatic carbocycles. The third-order valence-electron chi connectivity index (χ3n) is 11.0. The molecular weight excluding hydrogens is 446 g/mol. The van der Waals surface area contributed by atoms with Gasteiger partial charge in [0.05, 0.1) is 5.60 Å². The molecule has 4 aliphatic rings. The lowest BCUT2D eigenvalue weighted by Crippen LogP contribution is -2.55. The van der Waals surface area contributed by atoms with Gasteiger partial charge in [0, 0.05) is 10.9 Å². The lowest BCUT2D eigenvalue weighted by Gasteiger charge is -2.61. The molecule has 0 unspecified atom stereocenters. The minimum absolute atomic E-state index is 0.0947.